The van der Waals surface area contributed by atoms with Crippen molar-refractivity contribution in [2.24, 2.45) is 0 Å². The molecule has 0 radical (unpaired) electrons. The summed E-state index contributed by atoms with van der Waals surface area (Å²) in [4.78, 5) is 59.3. The number of quaternary nitrogens is 2. The first-order valence-electron chi connectivity index (χ1n) is 18.4. The lowest BCUT2D eigenvalue weighted by Crippen LogP contribution is -2.53. The fraction of sp³-hybridized carbons (Fsp3) is 0.400. The number of hydrogen-bond acceptors (Lipinski definition) is 6. The van der Waals surface area contributed by atoms with E-state index in [9.17, 15) is 19.2 Å². The lowest BCUT2D eigenvalue weighted by molar-refractivity contribution is -0.917. The molecule has 2 fully saturated rings. The highest BCUT2D eigenvalue weighted by atomic mass is 35.5. The monoisotopic (exact) mass is 810 g/mol. The van der Waals surface area contributed by atoms with Gasteiger partial charge in [-0.3, -0.25) is 29.0 Å². The van der Waals surface area contributed by atoms with Gasteiger partial charge in [0.15, 0.2) is 0 Å². The molecule has 0 spiro atoms. The second kappa shape index (κ2) is 13.1. The number of amides is 4. The molecule has 0 N–H and O–H groups in total. The van der Waals surface area contributed by atoms with Crippen LogP contribution in [-0.4, -0.2) is 135 Å². The zero-order valence-electron chi connectivity index (χ0n) is 30.0. The fourth-order valence-electron chi connectivity index (χ4n) is 9.20. The Kier molecular flexibility index (Phi) is 8.83. The van der Waals surface area contributed by atoms with Crippen LogP contribution in [0.5, 0.6) is 0 Å². The number of carbonyl (C=O) groups is 4. The summed E-state index contributed by atoms with van der Waals surface area (Å²) in [7, 11) is 4.33. The molecule has 14 heteroatoms. The molecule has 4 amide bonds. The summed E-state index contributed by atoms with van der Waals surface area (Å²) < 4.78 is 12.7. The number of likely N-dealkylation sites (N-methyl/N-ethyl adjacent to an activating group) is 2. The SMILES string of the molecule is C[N+]1(CCCN2C(=O)c3cc(Cl)c4c5c(Cl)cc6c7c(cc(Cl)c(c8c(Cl)cc(c3c48)C2=O)c75)C(=O)N(CCC[N+]2(C)CCOCC2)C6=O)CCOCC1. The van der Waals surface area contributed by atoms with Gasteiger partial charge in [-0.05, 0) is 24.3 Å². The summed E-state index contributed by atoms with van der Waals surface area (Å²) in [5.74, 6) is -1.75. The quantitative estimate of drug-likeness (QED) is 0.0709. The first-order chi connectivity index (χ1) is 25.8. The maximum Gasteiger partial charge on any atom is 0.261 e. The van der Waals surface area contributed by atoms with Crippen LogP contribution < -0.4 is 0 Å². The third kappa shape index (κ3) is 5.44. The Labute approximate surface area is 331 Å². The van der Waals surface area contributed by atoms with Crippen LogP contribution in [0.3, 0.4) is 0 Å². The van der Waals surface area contributed by atoms with E-state index >= 15 is 0 Å². The van der Waals surface area contributed by atoms with Crippen LogP contribution in [0, 0.1) is 0 Å². The predicted octanol–water partition coefficient (Wildman–Crippen LogP) is 7.28. The van der Waals surface area contributed by atoms with E-state index in [-0.39, 0.29) is 55.4 Å². The Bertz CT molecular complexity index is 2190. The number of nitrogens with zero attached hydrogens (tertiary/aromatic N) is 4. The Morgan fingerprint density at radius 2 is 0.759 bits per heavy atom. The average Bonchev–Trinajstić information content (AvgIpc) is 3.14. The maximum atomic E-state index is 14.2. The van der Waals surface area contributed by atoms with Crippen molar-refractivity contribution in [3.63, 3.8) is 0 Å². The molecular weight excluding hydrogens is 774 g/mol. The molecule has 4 heterocycles. The standard InChI is InChI=1S/C40H38Cl4N4O6/c1-47(9-13-53-14-10-47)7-3-5-45-37(49)21-17-25(41)31-33-27(43)19-23-30-24(40(52)46(39(23)51)6-4-8-48(2)11-15-54-16-12-48)20-28(44)34(36(30)33)32-26(42)18-22(38(45)50)29(21)35(31)32/h17-20H,3-16H2,1-2H3/q+2. The summed E-state index contributed by atoms with van der Waals surface area (Å²) in [6.45, 7) is 8.30. The van der Waals surface area contributed by atoms with Crippen LogP contribution in [0.4, 0.5) is 0 Å². The molecule has 0 bridgehead atoms. The molecule has 0 aromatic heterocycles. The van der Waals surface area contributed by atoms with Gasteiger partial charge >= 0.3 is 0 Å². The minimum absolute atomic E-state index is 0.222. The van der Waals surface area contributed by atoms with E-state index in [4.69, 9.17) is 55.9 Å². The Morgan fingerprint density at radius 1 is 0.481 bits per heavy atom. The molecule has 280 valence electrons. The highest BCUT2D eigenvalue weighted by Gasteiger charge is 2.40. The number of carbonyl (C=O) groups excluding carboxylic acids is 4. The number of halogens is 4. The normalized spacial score (nSPS) is 19.7. The molecule has 2 saturated heterocycles. The average molecular weight is 813 g/mol. The molecule has 5 aromatic carbocycles. The zero-order chi connectivity index (χ0) is 37.8. The van der Waals surface area contributed by atoms with Crippen molar-refractivity contribution < 1.29 is 37.6 Å². The summed E-state index contributed by atoms with van der Waals surface area (Å²) in [5, 5.41) is 4.58. The van der Waals surface area contributed by atoms with Crippen molar-refractivity contribution >= 4 is 113 Å². The van der Waals surface area contributed by atoms with Crippen LogP contribution in [0.1, 0.15) is 54.3 Å². The van der Waals surface area contributed by atoms with E-state index < -0.39 is 23.6 Å². The van der Waals surface area contributed by atoms with Crippen LogP contribution in [0.25, 0.3) is 43.1 Å². The molecule has 54 heavy (non-hydrogen) atoms. The van der Waals surface area contributed by atoms with Crippen molar-refractivity contribution in [2.75, 3.05) is 92.9 Å². The van der Waals surface area contributed by atoms with Crippen molar-refractivity contribution in [2.45, 2.75) is 12.8 Å². The van der Waals surface area contributed by atoms with Crippen molar-refractivity contribution in [3.05, 3.63) is 66.6 Å². The van der Waals surface area contributed by atoms with Crippen LogP contribution >= 0.6 is 46.4 Å². The fourth-order valence-corrected chi connectivity index (χ4v) is 10.4. The largest absolute Gasteiger partial charge is 0.370 e. The second-order valence-electron chi connectivity index (χ2n) is 15.7. The first kappa shape index (κ1) is 36.3. The molecule has 9 rings (SSSR count). The molecular formula is C40H38Cl4N4O6+2. The third-order valence-electron chi connectivity index (χ3n) is 12.3. The van der Waals surface area contributed by atoms with Gasteiger partial charge in [-0.1, -0.05) is 46.4 Å². The molecule has 0 unspecified atom stereocenters. The summed E-state index contributed by atoms with van der Waals surface area (Å²) in [6, 6.07) is 6.36. The summed E-state index contributed by atoms with van der Waals surface area (Å²) in [6.07, 6.45) is 1.25. The van der Waals surface area contributed by atoms with E-state index in [1.165, 1.54) is 9.80 Å². The van der Waals surface area contributed by atoms with Crippen molar-refractivity contribution in [3.8, 4) is 0 Å². The molecule has 0 saturated carbocycles. The van der Waals surface area contributed by atoms with E-state index in [0.29, 0.717) is 82.4 Å². The van der Waals surface area contributed by atoms with Gasteiger partial charge in [0.2, 0.25) is 0 Å². The Balaban J connectivity index is 1.17. The van der Waals surface area contributed by atoms with Gasteiger partial charge in [0.1, 0.15) is 26.2 Å². The number of ether oxygens (including phenoxy) is 2. The molecule has 5 aromatic rings. The summed E-state index contributed by atoms with van der Waals surface area (Å²) in [5.41, 5.74) is 1.14. The van der Waals surface area contributed by atoms with Crippen molar-refractivity contribution in [1.29, 1.82) is 0 Å². The van der Waals surface area contributed by atoms with Crippen LogP contribution in [0.2, 0.25) is 20.1 Å². The van der Waals surface area contributed by atoms with Crippen molar-refractivity contribution in [1.82, 2.24) is 9.80 Å². The number of benzene rings is 5. The first-order valence-corrected chi connectivity index (χ1v) is 19.9. The van der Waals surface area contributed by atoms with Gasteiger partial charge in [-0.15, -0.1) is 0 Å². The lowest BCUT2D eigenvalue weighted by Gasteiger charge is -2.38. The summed E-state index contributed by atoms with van der Waals surface area (Å²) >= 11 is 28.6. The van der Waals surface area contributed by atoms with Gasteiger partial charge in [0.05, 0.1) is 75.9 Å². The topological polar surface area (TPSA) is 93.2 Å². The number of imide groups is 2. The molecule has 10 nitrogen and oxygen atoms in total. The molecule has 4 aliphatic heterocycles. The van der Waals surface area contributed by atoms with E-state index in [0.717, 1.165) is 48.2 Å². The minimum atomic E-state index is -0.437. The van der Waals surface area contributed by atoms with Gasteiger partial charge in [0, 0.05) is 89.1 Å². The second-order valence-corrected chi connectivity index (χ2v) is 17.3. The van der Waals surface area contributed by atoms with E-state index in [2.05, 4.69) is 14.1 Å². The molecule has 0 atom stereocenters. The lowest BCUT2D eigenvalue weighted by atomic mass is 9.82. The Morgan fingerprint density at radius 3 is 1.04 bits per heavy atom. The highest BCUT2D eigenvalue weighted by molar-refractivity contribution is 6.56. The minimum Gasteiger partial charge on any atom is -0.370 e. The highest BCUT2D eigenvalue weighted by Crippen LogP contribution is 2.53. The third-order valence-corrected chi connectivity index (χ3v) is 13.5. The van der Waals surface area contributed by atoms with Gasteiger partial charge in [-0.25, -0.2) is 0 Å². The van der Waals surface area contributed by atoms with Crippen LogP contribution in [-0.2, 0) is 9.47 Å². The number of fused-ring (bicyclic) bond motifs is 2. The van der Waals surface area contributed by atoms with Gasteiger partial charge < -0.3 is 18.4 Å². The van der Waals surface area contributed by atoms with Crippen LogP contribution in [0.15, 0.2) is 24.3 Å². The predicted molar refractivity (Wildman–Crippen MR) is 211 cm³/mol. The van der Waals surface area contributed by atoms with Gasteiger partial charge in [0.25, 0.3) is 23.6 Å². The smallest absolute Gasteiger partial charge is 0.261 e. The molecule has 0 aliphatic carbocycles. The number of hydrogen-bond donors (Lipinski definition) is 0. The van der Waals surface area contributed by atoms with E-state index in [1.54, 1.807) is 24.3 Å². The maximum absolute atomic E-state index is 14.2. The zero-order valence-corrected chi connectivity index (χ0v) is 33.0. The van der Waals surface area contributed by atoms with Gasteiger partial charge in [-0.2, -0.15) is 0 Å². The number of rotatable bonds is 8. The van der Waals surface area contributed by atoms with E-state index in [1.807, 2.05) is 0 Å². The number of morpholine rings is 2. The molecule has 4 aliphatic rings. The Hall–Kier alpha value is -3.32.